The number of unbranched alkanes of at least 4 members (excludes halogenated alkanes) is 1. The van der Waals surface area contributed by atoms with Crippen molar-refractivity contribution >= 4 is 24.7 Å². The van der Waals surface area contributed by atoms with Crippen molar-refractivity contribution in [3.63, 3.8) is 0 Å². The maximum atomic E-state index is 12.2. The maximum Gasteiger partial charge on any atom is 0.350 e. The molecule has 3 N–H and O–H groups in total. The molecule has 0 radical (unpaired) electrons. The van der Waals surface area contributed by atoms with Crippen molar-refractivity contribution in [1.29, 1.82) is 0 Å². The zero-order valence-corrected chi connectivity index (χ0v) is 15.4. The van der Waals surface area contributed by atoms with E-state index in [1.165, 1.54) is 12.7 Å². The summed E-state index contributed by atoms with van der Waals surface area (Å²) in [5.74, 6) is -0.524. The van der Waals surface area contributed by atoms with Gasteiger partial charge in [0.2, 0.25) is 0 Å². The summed E-state index contributed by atoms with van der Waals surface area (Å²) < 4.78 is 17.6. The van der Waals surface area contributed by atoms with Crippen LogP contribution in [0.25, 0.3) is 11.2 Å². The number of imidazole rings is 1. The Hall–Kier alpha value is -1.91. The molecule has 2 heterocycles. The van der Waals surface area contributed by atoms with Gasteiger partial charge in [0, 0.05) is 0 Å². The largest absolute Gasteiger partial charge is 0.364 e. The van der Waals surface area contributed by atoms with E-state index in [-0.39, 0.29) is 12.2 Å². The smallest absolute Gasteiger partial charge is 0.350 e. The number of aromatic nitrogens is 4. The average molecular weight is 387 g/mol. The topological polar surface area (TPSA) is 149 Å². The van der Waals surface area contributed by atoms with Crippen LogP contribution < -0.4 is 5.48 Å². The van der Waals surface area contributed by atoms with Crippen LogP contribution in [0.2, 0.25) is 0 Å². The summed E-state index contributed by atoms with van der Waals surface area (Å²) >= 11 is 0. The Morgan fingerprint density at radius 1 is 1.38 bits per heavy atom. The number of hydrogen-bond donors (Lipinski definition) is 3. The molecule has 0 aliphatic heterocycles. The lowest BCUT2D eigenvalue weighted by Crippen LogP contribution is -2.25. The fourth-order valence-electron chi connectivity index (χ4n) is 2.12. The Bertz CT molecular complexity index is 791. The summed E-state index contributed by atoms with van der Waals surface area (Å²) in [5.41, 5.74) is 3.11. The van der Waals surface area contributed by atoms with Gasteiger partial charge in [0.25, 0.3) is 5.91 Å². The van der Waals surface area contributed by atoms with Crippen LogP contribution >= 0.6 is 7.60 Å². The summed E-state index contributed by atoms with van der Waals surface area (Å²) in [6.45, 7) is 4.33. The molecule has 0 aromatic carbocycles. The molecular weight excluding hydrogens is 365 g/mol. The first-order valence-corrected chi connectivity index (χ1v) is 9.85. The van der Waals surface area contributed by atoms with Crippen molar-refractivity contribution in [1.82, 2.24) is 25.0 Å². The van der Waals surface area contributed by atoms with Crippen molar-refractivity contribution in [2.45, 2.75) is 39.3 Å². The third-order valence-corrected chi connectivity index (χ3v) is 3.85. The van der Waals surface area contributed by atoms with Crippen LogP contribution in [0.15, 0.2) is 12.7 Å². The zero-order valence-electron chi connectivity index (χ0n) is 14.5. The maximum absolute atomic E-state index is 12.2. The first-order valence-electron chi connectivity index (χ1n) is 8.06. The Morgan fingerprint density at radius 2 is 2.15 bits per heavy atom. The van der Waals surface area contributed by atoms with Gasteiger partial charge in [-0.3, -0.25) is 14.2 Å². The highest BCUT2D eigenvalue weighted by Crippen LogP contribution is 2.34. The fraction of sp³-hybridized carbons (Fsp3) is 0.571. The van der Waals surface area contributed by atoms with Gasteiger partial charge in [0.1, 0.15) is 18.2 Å². The third kappa shape index (κ3) is 5.82. The highest BCUT2D eigenvalue weighted by molar-refractivity contribution is 7.51. The first kappa shape index (κ1) is 20.4. The van der Waals surface area contributed by atoms with E-state index in [0.717, 1.165) is 12.8 Å². The van der Waals surface area contributed by atoms with E-state index in [0.29, 0.717) is 17.8 Å². The van der Waals surface area contributed by atoms with Crippen molar-refractivity contribution in [3.8, 4) is 0 Å². The minimum atomic E-state index is -4.23. The normalized spacial score (nSPS) is 13.1. The predicted octanol–water partition coefficient (Wildman–Crippen LogP) is 0.828. The number of fused-ring (bicyclic) bond motifs is 1. The molecule has 2 rings (SSSR count). The van der Waals surface area contributed by atoms with E-state index in [4.69, 9.17) is 19.4 Å². The predicted molar refractivity (Wildman–Crippen MR) is 91.1 cm³/mol. The van der Waals surface area contributed by atoms with Crippen molar-refractivity contribution in [2.24, 2.45) is 0 Å². The number of carbonyl (C=O) groups is 1. The highest BCUT2D eigenvalue weighted by atomic mass is 31.2. The van der Waals surface area contributed by atoms with E-state index in [1.54, 1.807) is 11.5 Å². The van der Waals surface area contributed by atoms with Crippen LogP contribution in [0.1, 0.15) is 37.2 Å². The van der Waals surface area contributed by atoms with Crippen molar-refractivity contribution in [3.05, 3.63) is 18.3 Å². The third-order valence-electron chi connectivity index (χ3n) is 3.36. The molecule has 0 bridgehead atoms. The SMILES string of the molecule is CCCCONC(=O)c1ncnc2c1ncn2C[C@@H](C)OCP(=O)(O)O. The summed E-state index contributed by atoms with van der Waals surface area (Å²) in [7, 11) is -4.23. The summed E-state index contributed by atoms with van der Waals surface area (Å²) in [4.78, 5) is 47.2. The van der Waals surface area contributed by atoms with E-state index in [9.17, 15) is 9.36 Å². The standard InChI is InChI=1S/C14H22N5O6P/c1-3-4-5-25-18-14(20)12-11-13(16-7-15-12)19(8-17-11)6-10(2)24-9-26(21,22)23/h7-8,10H,3-6,9H2,1-2H3,(H,18,20)(H2,21,22,23)/t10-/m1/s1. The second kappa shape index (κ2) is 9.15. The zero-order chi connectivity index (χ0) is 19.2. The number of rotatable bonds is 10. The van der Waals surface area contributed by atoms with Crippen LogP contribution in [-0.4, -0.2) is 54.3 Å². The van der Waals surface area contributed by atoms with Gasteiger partial charge in [-0.15, -0.1) is 0 Å². The second-order valence-electron chi connectivity index (χ2n) is 5.70. The van der Waals surface area contributed by atoms with E-state index < -0.39 is 26.0 Å². The molecule has 26 heavy (non-hydrogen) atoms. The van der Waals surface area contributed by atoms with Gasteiger partial charge in [0.15, 0.2) is 11.3 Å². The molecule has 12 heteroatoms. The first-order chi connectivity index (χ1) is 12.3. The average Bonchev–Trinajstić information content (AvgIpc) is 2.99. The Balaban J connectivity index is 2.07. The molecule has 0 unspecified atom stereocenters. The number of nitrogens with one attached hydrogen (secondary N) is 1. The van der Waals surface area contributed by atoms with E-state index in [2.05, 4.69) is 20.4 Å². The van der Waals surface area contributed by atoms with Crippen LogP contribution in [0.3, 0.4) is 0 Å². The molecule has 0 spiro atoms. The summed E-state index contributed by atoms with van der Waals surface area (Å²) in [5, 5.41) is 0. The van der Waals surface area contributed by atoms with E-state index in [1.807, 2.05) is 6.92 Å². The van der Waals surface area contributed by atoms with E-state index >= 15 is 0 Å². The van der Waals surface area contributed by atoms with Crippen molar-refractivity contribution in [2.75, 3.05) is 13.0 Å². The van der Waals surface area contributed by atoms with Crippen LogP contribution in [0.4, 0.5) is 0 Å². The Morgan fingerprint density at radius 3 is 2.85 bits per heavy atom. The lowest BCUT2D eigenvalue weighted by molar-refractivity contribution is 0.0299. The highest BCUT2D eigenvalue weighted by Gasteiger charge is 2.19. The molecule has 0 aliphatic carbocycles. The van der Waals surface area contributed by atoms with Crippen molar-refractivity contribution < 1.29 is 28.7 Å². The lowest BCUT2D eigenvalue weighted by atomic mass is 10.3. The summed E-state index contributed by atoms with van der Waals surface area (Å²) in [6.07, 6.45) is 3.30. The molecule has 2 aromatic heterocycles. The molecule has 1 amide bonds. The lowest BCUT2D eigenvalue weighted by Gasteiger charge is -2.14. The van der Waals surface area contributed by atoms with Gasteiger partial charge >= 0.3 is 7.60 Å². The van der Waals surface area contributed by atoms with Gasteiger partial charge in [-0.25, -0.2) is 20.4 Å². The molecule has 0 saturated carbocycles. The Kier molecular flexibility index (Phi) is 7.18. The molecule has 0 fully saturated rings. The number of carbonyl (C=O) groups excluding carboxylic acids is 1. The Labute approximate surface area is 149 Å². The molecule has 0 saturated heterocycles. The number of hydroxylamine groups is 1. The van der Waals surface area contributed by atoms with Crippen LogP contribution in [0, 0.1) is 0 Å². The number of amides is 1. The van der Waals surface area contributed by atoms with Gasteiger partial charge in [0.05, 0.1) is 25.6 Å². The molecule has 1 atom stereocenters. The molecule has 2 aromatic rings. The number of nitrogens with zero attached hydrogens (tertiary/aromatic N) is 4. The number of ether oxygens (including phenoxy) is 1. The minimum Gasteiger partial charge on any atom is -0.364 e. The second-order valence-corrected chi connectivity index (χ2v) is 7.28. The quantitative estimate of drug-likeness (QED) is 0.306. The summed E-state index contributed by atoms with van der Waals surface area (Å²) in [6, 6.07) is 0. The van der Waals surface area contributed by atoms with Gasteiger partial charge < -0.3 is 19.1 Å². The molecule has 144 valence electrons. The monoisotopic (exact) mass is 387 g/mol. The van der Waals surface area contributed by atoms with Crippen LogP contribution in [-0.2, 0) is 20.7 Å². The van der Waals surface area contributed by atoms with Crippen LogP contribution in [0.5, 0.6) is 0 Å². The minimum absolute atomic E-state index is 0.0778. The number of hydrogen-bond acceptors (Lipinski definition) is 7. The fourth-order valence-corrected chi connectivity index (χ4v) is 2.56. The van der Waals surface area contributed by atoms with Gasteiger partial charge in [-0.05, 0) is 13.3 Å². The molecular formula is C14H22N5O6P. The van der Waals surface area contributed by atoms with Gasteiger partial charge in [-0.2, -0.15) is 0 Å². The molecule has 0 aliphatic rings. The van der Waals surface area contributed by atoms with Gasteiger partial charge in [-0.1, -0.05) is 13.3 Å². The molecule has 11 nitrogen and oxygen atoms in total.